The largest absolute Gasteiger partial charge is 0.478 e. The molecule has 1 atom stereocenters. The molecule has 4 nitrogen and oxygen atoms in total. The number of rotatable bonds is 6. The second kappa shape index (κ2) is 6.61. The van der Waals surface area contributed by atoms with Crippen LogP contribution in [-0.2, 0) is 4.74 Å². The molecular weight excluding hydrogens is 254 g/mol. The van der Waals surface area contributed by atoms with Crippen LogP contribution in [0.5, 0.6) is 0 Å². The fourth-order valence-electron chi connectivity index (χ4n) is 1.97. The molecule has 0 bridgehead atoms. The molecule has 1 aromatic rings. The van der Waals surface area contributed by atoms with E-state index in [0.717, 1.165) is 0 Å². The first-order valence-electron chi connectivity index (χ1n) is 5.79. The third-order valence-corrected chi connectivity index (χ3v) is 3.02. The minimum absolute atomic E-state index is 0.0802. The lowest BCUT2D eigenvalue weighted by Gasteiger charge is -2.31. The number of anilines is 1. The molecule has 0 radical (unpaired) electrons. The van der Waals surface area contributed by atoms with Gasteiger partial charge in [0.15, 0.2) is 0 Å². The Kier molecular flexibility index (Phi) is 5.44. The molecule has 1 N–H and O–H groups in total. The number of likely N-dealkylation sites (N-methyl/N-ethyl adjacent to an activating group) is 1. The molecule has 0 heterocycles. The molecule has 100 valence electrons. The van der Waals surface area contributed by atoms with Crippen LogP contribution >= 0.6 is 11.6 Å². The van der Waals surface area contributed by atoms with Gasteiger partial charge in [0.25, 0.3) is 0 Å². The number of benzene rings is 1. The Balaban J connectivity index is 3.18. The number of carboxylic acid groups (broad SMARTS) is 1. The molecule has 0 aromatic heterocycles. The van der Waals surface area contributed by atoms with E-state index in [0.29, 0.717) is 23.9 Å². The summed E-state index contributed by atoms with van der Waals surface area (Å²) in [6.07, 6.45) is 0. The molecule has 1 aromatic carbocycles. The number of hydrogen-bond donors (Lipinski definition) is 1. The van der Waals surface area contributed by atoms with Crippen LogP contribution in [0.1, 0.15) is 24.2 Å². The van der Waals surface area contributed by atoms with Crippen LogP contribution < -0.4 is 4.90 Å². The van der Waals surface area contributed by atoms with Crippen molar-refractivity contribution in [2.75, 3.05) is 25.2 Å². The quantitative estimate of drug-likeness (QED) is 0.864. The van der Waals surface area contributed by atoms with Gasteiger partial charge in [-0.2, -0.15) is 0 Å². The number of nitrogens with zero attached hydrogens (tertiary/aromatic N) is 1. The fraction of sp³-hybridized carbons (Fsp3) is 0.462. The van der Waals surface area contributed by atoms with Gasteiger partial charge in [0, 0.05) is 24.7 Å². The average Bonchev–Trinajstić information content (AvgIpc) is 2.30. The van der Waals surface area contributed by atoms with Crippen molar-refractivity contribution in [3.63, 3.8) is 0 Å². The lowest BCUT2D eigenvalue weighted by atomic mass is 10.1. The Morgan fingerprint density at radius 2 is 2.22 bits per heavy atom. The maximum absolute atomic E-state index is 11.2. The van der Waals surface area contributed by atoms with E-state index in [1.54, 1.807) is 19.2 Å². The molecular formula is C13H18ClNO3. The van der Waals surface area contributed by atoms with Crippen LogP contribution in [0.4, 0.5) is 5.69 Å². The van der Waals surface area contributed by atoms with Crippen molar-refractivity contribution in [3.05, 3.63) is 28.8 Å². The molecule has 1 rings (SSSR count). The van der Waals surface area contributed by atoms with Crippen molar-refractivity contribution in [2.45, 2.75) is 19.9 Å². The average molecular weight is 272 g/mol. The summed E-state index contributed by atoms with van der Waals surface area (Å²) in [7, 11) is 1.63. The Morgan fingerprint density at radius 1 is 1.56 bits per heavy atom. The third-order valence-electron chi connectivity index (χ3n) is 2.78. The molecule has 0 aliphatic rings. The summed E-state index contributed by atoms with van der Waals surface area (Å²) in [5.74, 6) is -0.954. The number of methoxy groups -OCH3 is 1. The van der Waals surface area contributed by atoms with Crippen LogP contribution in [0.2, 0.25) is 5.02 Å². The smallest absolute Gasteiger partial charge is 0.337 e. The normalized spacial score (nSPS) is 12.2. The lowest BCUT2D eigenvalue weighted by molar-refractivity contribution is 0.0697. The molecule has 1 unspecified atom stereocenters. The lowest BCUT2D eigenvalue weighted by Crippen LogP contribution is -2.37. The predicted octanol–water partition coefficient (Wildman–Crippen LogP) is 2.90. The summed E-state index contributed by atoms with van der Waals surface area (Å²) < 4.78 is 5.12. The molecule has 18 heavy (non-hydrogen) atoms. The number of carboxylic acids is 1. The van der Waals surface area contributed by atoms with E-state index in [1.165, 1.54) is 6.07 Å². The monoisotopic (exact) mass is 271 g/mol. The number of ether oxygens (including phenoxy) is 1. The van der Waals surface area contributed by atoms with E-state index < -0.39 is 5.97 Å². The molecule has 5 heteroatoms. The second-order valence-electron chi connectivity index (χ2n) is 4.06. The highest BCUT2D eigenvalue weighted by atomic mass is 35.5. The maximum atomic E-state index is 11.2. The van der Waals surface area contributed by atoms with E-state index in [9.17, 15) is 9.90 Å². The van der Waals surface area contributed by atoms with Gasteiger partial charge < -0.3 is 14.7 Å². The minimum atomic E-state index is -0.954. The number of halogens is 1. The van der Waals surface area contributed by atoms with Crippen molar-refractivity contribution in [1.29, 1.82) is 0 Å². The van der Waals surface area contributed by atoms with Gasteiger partial charge >= 0.3 is 5.97 Å². The van der Waals surface area contributed by atoms with Crippen molar-refractivity contribution in [1.82, 2.24) is 0 Å². The highest BCUT2D eigenvalue weighted by Crippen LogP contribution is 2.26. The third kappa shape index (κ3) is 3.37. The number of aromatic carboxylic acids is 1. The highest BCUT2D eigenvalue weighted by molar-refractivity contribution is 6.31. The molecule has 0 fully saturated rings. The Hall–Kier alpha value is -1.26. The van der Waals surface area contributed by atoms with Crippen molar-refractivity contribution < 1.29 is 14.6 Å². The summed E-state index contributed by atoms with van der Waals surface area (Å²) >= 11 is 5.95. The molecule has 0 aliphatic heterocycles. The summed E-state index contributed by atoms with van der Waals surface area (Å²) in [6, 6.07) is 4.88. The van der Waals surface area contributed by atoms with Crippen molar-refractivity contribution in [3.8, 4) is 0 Å². The molecule has 0 saturated carbocycles. The van der Waals surface area contributed by atoms with Crippen LogP contribution in [-0.4, -0.2) is 37.4 Å². The maximum Gasteiger partial charge on any atom is 0.337 e. The first-order chi connectivity index (χ1) is 8.51. The van der Waals surface area contributed by atoms with E-state index in [1.807, 2.05) is 18.7 Å². The zero-order chi connectivity index (χ0) is 13.7. The zero-order valence-corrected chi connectivity index (χ0v) is 11.6. The summed E-state index contributed by atoms with van der Waals surface area (Å²) in [5.41, 5.74) is 0.881. The van der Waals surface area contributed by atoms with Gasteiger partial charge in [-0.25, -0.2) is 4.79 Å². The van der Waals surface area contributed by atoms with Crippen molar-refractivity contribution in [2.24, 2.45) is 0 Å². The standard InChI is InChI=1S/C13H18ClNO3/c1-4-15(9(2)8-18-3)12-7-10(14)5-6-11(12)13(16)17/h5-7,9H,4,8H2,1-3H3,(H,16,17). The summed E-state index contributed by atoms with van der Waals surface area (Å²) in [5, 5.41) is 9.74. The van der Waals surface area contributed by atoms with E-state index >= 15 is 0 Å². The van der Waals surface area contributed by atoms with E-state index in [4.69, 9.17) is 16.3 Å². The second-order valence-corrected chi connectivity index (χ2v) is 4.49. The van der Waals surface area contributed by atoms with Crippen LogP contribution in [0.15, 0.2) is 18.2 Å². The van der Waals surface area contributed by atoms with Crippen LogP contribution in [0.3, 0.4) is 0 Å². The topological polar surface area (TPSA) is 49.8 Å². The van der Waals surface area contributed by atoms with Gasteiger partial charge in [-0.1, -0.05) is 11.6 Å². The SMILES string of the molecule is CCN(c1cc(Cl)ccc1C(=O)O)C(C)COC. The summed E-state index contributed by atoms with van der Waals surface area (Å²) in [4.78, 5) is 13.2. The van der Waals surface area contributed by atoms with Gasteiger partial charge in [-0.15, -0.1) is 0 Å². The zero-order valence-electron chi connectivity index (χ0n) is 10.8. The molecule has 0 spiro atoms. The molecule has 0 amide bonds. The number of carbonyl (C=O) groups is 1. The van der Waals surface area contributed by atoms with Gasteiger partial charge in [0.2, 0.25) is 0 Å². The minimum Gasteiger partial charge on any atom is -0.478 e. The first-order valence-corrected chi connectivity index (χ1v) is 6.17. The Morgan fingerprint density at radius 3 is 2.72 bits per heavy atom. The van der Waals surface area contributed by atoms with E-state index in [2.05, 4.69) is 0 Å². The van der Waals surface area contributed by atoms with E-state index in [-0.39, 0.29) is 11.6 Å². The van der Waals surface area contributed by atoms with Crippen molar-refractivity contribution >= 4 is 23.3 Å². The van der Waals surface area contributed by atoms with Gasteiger partial charge in [-0.3, -0.25) is 0 Å². The molecule has 0 aliphatic carbocycles. The highest BCUT2D eigenvalue weighted by Gasteiger charge is 2.19. The number of hydrogen-bond acceptors (Lipinski definition) is 3. The van der Waals surface area contributed by atoms with Crippen LogP contribution in [0.25, 0.3) is 0 Å². The van der Waals surface area contributed by atoms with Crippen LogP contribution in [0, 0.1) is 0 Å². The predicted molar refractivity (Wildman–Crippen MR) is 72.8 cm³/mol. The van der Waals surface area contributed by atoms with Gasteiger partial charge in [0.05, 0.1) is 17.9 Å². The van der Waals surface area contributed by atoms with Gasteiger partial charge in [-0.05, 0) is 32.0 Å². The molecule has 0 saturated heterocycles. The Bertz CT molecular complexity index is 423. The Labute approximate surface area is 112 Å². The van der Waals surface area contributed by atoms with Gasteiger partial charge in [0.1, 0.15) is 0 Å². The fourth-order valence-corrected chi connectivity index (χ4v) is 2.14. The first kappa shape index (κ1) is 14.8. The summed E-state index contributed by atoms with van der Waals surface area (Å²) in [6.45, 7) is 5.17.